The van der Waals surface area contributed by atoms with Crippen LogP contribution in [0.4, 0.5) is 0 Å². The fourth-order valence-electron chi connectivity index (χ4n) is 2.24. The third kappa shape index (κ3) is 6.36. The second-order valence-corrected chi connectivity index (χ2v) is 6.69. The average Bonchev–Trinajstić information content (AvgIpc) is 2.56. The van der Waals surface area contributed by atoms with E-state index < -0.39 is 5.91 Å². The van der Waals surface area contributed by atoms with E-state index >= 15 is 0 Å². The van der Waals surface area contributed by atoms with E-state index in [4.69, 9.17) is 22.1 Å². The molecule has 134 valence electrons. The highest BCUT2D eigenvalue weighted by atomic mass is 35.5. The van der Waals surface area contributed by atoms with Crippen molar-refractivity contribution in [3.8, 4) is 11.6 Å². The number of ether oxygens (including phenoxy) is 1. The highest BCUT2D eigenvalue weighted by molar-refractivity contribution is 6.31. The number of carbonyl (C=O) groups is 1. The zero-order chi connectivity index (χ0) is 18.2. The Morgan fingerprint density at radius 2 is 2.08 bits per heavy atom. The Bertz CT molecular complexity index is 702. The number of aromatic nitrogens is 1. The number of rotatable bonds is 9. The first-order valence-corrected chi connectivity index (χ1v) is 8.76. The van der Waals surface area contributed by atoms with Gasteiger partial charge in [0.15, 0.2) is 0 Å². The minimum Gasteiger partial charge on any atom is -0.439 e. The molecule has 0 radical (unpaired) electrons. The fraction of sp³-hybridized carbons (Fsp3) is 0.368. The number of hydrogen-bond donors (Lipinski definition) is 2. The maximum Gasteiger partial charge on any atom is 0.250 e. The molecule has 2 aromatic rings. The van der Waals surface area contributed by atoms with Crippen molar-refractivity contribution in [2.45, 2.75) is 26.7 Å². The summed E-state index contributed by atoms with van der Waals surface area (Å²) in [6.07, 6.45) is 3.42. The minimum atomic E-state index is -0.520. The van der Waals surface area contributed by atoms with Gasteiger partial charge in [-0.3, -0.25) is 4.79 Å². The zero-order valence-corrected chi connectivity index (χ0v) is 15.3. The van der Waals surface area contributed by atoms with Gasteiger partial charge in [-0.1, -0.05) is 31.5 Å². The number of hydrogen-bond acceptors (Lipinski definition) is 4. The molecule has 0 atom stereocenters. The predicted octanol–water partition coefficient (Wildman–Crippen LogP) is 3.80. The third-order valence-electron chi connectivity index (χ3n) is 3.74. The van der Waals surface area contributed by atoms with Gasteiger partial charge in [-0.15, -0.1) is 0 Å². The van der Waals surface area contributed by atoms with E-state index in [1.54, 1.807) is 18.2 Å². The molecule has 25 heavy (non-hydrogen) atoms. The summed E-state index contributed by atoms with van der Waals surface area (Å²) < 4.78 is 5.65. The van der Waals surface area contributed by atoms with Crippen LogP contribution in [0.5, 0.6) is 11.6 Å². The highest BCUT2D eigenvalue weighted by Crippen LogP contribution is 2.26. The predicted molar refractivity (Wildman–Crippen MR) is 100 cm³/mol. The van der Waals surface area contributed by atoms with Gasteiger partial charge < -0.3 is 15.8 Å². The molecular weight excluding hydrogens is 338 g/mol. The van der Waals surface area contributed by atoms with Crippen LogP contribution in [-0.4, -0.2) is 24.0 Å². The number of nitrogens with zero attached hydrogens (tertiary/aromatic N) is 1. The van der Waals surface area contributed by atoms with Crippen LogP contribution in [-0.2, 0) is 6.42 Å². The molecule has 1 heterocycles. The number of carbonyl (C=O) groups excluding carboxylic acids is 1. The first kappa shape index (κ1) is 19.2. The topological polar surface area (TPSA) is 77.2 Å². The average molecular weight is 362 g/mol. The number of pyridine rings is 1. The van der Waals surface area contributed by atoms with Gasteiger partial charge >= 0.3 is 0 Å². The lowest BCUT2D eigenvalue weighted by Crippen LogP contribution is -2.19. The van der Waals surface area contributed by atoms with Crippen LogP contribution in [0.1, 0.15) is 36.2 Å². The van der Waals surface area contributed by atoms with Gasteiger partial charge in [0.2, 0.25) is 11.8 Å². The van der Waals surface area contributed by atoms with Gasteiger partial charge in [-0.25, -0.2) is 4.98 Å². The Labute approximate surface area is 153 Å². The Hall–Kier alpha value is -2.11. The maximum atomic E-state index is 11.0. The van der Waals surface area contributed by atoms with Crippen LogP contribution in [0.3, 0.4) is 0 Å². The molecule has 0 saturated carbocycles. The number of amides is 1. The van der Waals surface area contributed by atoms with Crippen molar-refractivity contribution >= 4 is 17.5 Å². The first-order chi connectivity index (χ1) is 12.0. The van der Waals surface area contributed by atoms with Crippen LogP contribution in [0.15, 0.2) is 36.5 Å². The minimum absolute atomic E-state index is 0.339. The second kappa shape index (κ2) is 9.39. The van der Waals surface area contributed by atoms with E-state index in [9.17, 15) is 4.79 Å². The van der Waals surface area contributed by atoms with E-state index in [1.807, 2.05) is 12.1 Å². The van der Waals surface area contributed by atoms with Gasteiger partial charge in [0.05, 0.1) is 5.56 Å². The number of benzene rings is 1. The lowest BCUT2D eigenvalue weighted by Gasteiger charge is -2.10. The third-order valence-corrected chi connectivity index (χ3v) is 4.09. The van der Waals surface area contributed by atoms with Crippen molar-refractivity contribution in [3.05, 3.63) is 52.7 Å². The summed E-state index contributed by atoms with van der Waals surface area (Å²) >= 11 is 6.34. The lowest BCUT2D eigenvalue weighted by molar-refractivity contribution is 0.1000. The monoisotopic (exact) mass is 361 g/mol. The second-order valence-electron chi connectivity index (χ2n) is 6.29. The van der Waals surface area contributed by atoms with Crippen molar-refractivity contribution in [3.63, 3.8) is 0 Å². The van der Waals surface area contributed by atoms with E-state index in [0.717, 1.165) is 25.1 Å². The maximum absolute atomic E-state index is 11.0. The van der Waals surface area contributed by atoms with Gasteiger partial charge in [0.25, 0.3) is 0 Å². The molecule has 6 heteroatoms. The fourth-order valence-corrected chi connectivity index (χ4v) is 2.51. The van der Waals surface area contributed by atoms with Gasteiger partial charge in [-0.05, 0) is 55.6 Å². The molecule has 0 saturated heterocycles. The van der Waals surface area contributed by atoms with Crippen LogP contribution in [0, 0.1) is 5.92 Å². The molecule has 1 aromatic carbocycles. The summed E-state index contributed by atoms with van der Waals surface area (Å²) in [4.78, 5) is 15.1. The van der Waals surface area contributed by atoms with Gasteiger partial charge in [0.1, 0.15) is 5.75 Å². The summed E-state index contributed by atoms with van der Waals surface area (Å²) in [6, 6.07) is 8.76. The van der Waals surface area contributed by atoms with Crippen LogP contribution in [0.2, 0.25) is 5.02 Å². The van der Waals surface area contributed by atoms with Crippen molar-refractivity contribution in [2.24, 2.45) is 11.7 Å². The lowest BCUT2D eigenvalue weighted by atomic mass is 10.1. The number of nitrogens with two attached hydrogens (primary N) is 1. The molecule has 0 aliphatic carbocycles. The van der Waals surface area contributed by atoms with Crippen molar-refractivity contribution in [2.75, 3.05) is 13.1 Å². The van der Waals surface area contributed by atoms with E-state index in [0.29, 0.717) is 28.1 Å². The first-order valence-electron chi connectivity index (χ1n) is 8.38. The SMILES string of the molecule is CC(C)CCNCCc1ccc(Oc2ccc(C(N)=O)cn2)cc1Cl. The summed E-state index contributed by atoms with van der Waals surface area (Å²) in [7, 11) is 0. The smallest absolute Gasteiger partial charge is 0.250 e. The van der Waals surface area contributed by atoms with Crippen molar-refractivity contribution < 1.29 is 9.53 Å². The zero-order valence-electron chi connectivity index (χ0n) is 14.6. The summed E-state index contributed by atoms with van der Waals surface area (Å²) in [6.45, 7) is 6.34. The Morgan fingerprint density at radius 1 is 1.28 bits per heavy atom. The van der Waals surface area contributed by atoms with Crippen LogP contribution in [0.25, 0.3) is 0 Å². The normalized spacial score (nSPS) is 10.9. The summed E-state index contributed by atoms with van der Waals surface area (Å²) in [5.41, 5.74) is 6.59. The molecule has 0 aliphatic heterocycles. The van der Waals surface area contributed by atoms with Crippen LogP contribution < -0.4 is 15.8 Å². The molecule has 0 spiro atoms. The van der Waals surface area contributed by atoms with Crippen molar-refractivity contribution in [1.29, 1.82) is 0 Å². The summed E-state index contributed by atoms with van der Waals surface area (Å²) in [5, 5.41) is 4.09. The number of primary amides is 1. The molecular formula is C19H24ClN3O2. The number of halogens is 1. The van der Waals surface area contributed by atoms with E-state index in [1.165, 1.54) is 12.6 Å². The Kier molecular flexibility index (Phi) is 7.22. The quantitative estimate of drug-likeness (QED) is 0.666. The summed E-state index contributed by atoms with van der Waals surface area (Å²) in [5.74, 6) is 1.16. The van der Waals surface area contributed by atoms with E-state index in [2.05, 4.69) is 24.1 Å². The van der Waals surface area contributed by atoms with E-state index in [-0.39, 0.29) is 0 Å². The molecule has 5 nitrogen and oxygen atoms in total. The van der Waals surface area contributed by atoms with Gasteiger partial charge in [-0.2, -0.15) is 0 Å². The highest BCUT2D eigenvalue weighted by Gasteiger charge is 2.06. The Morgan fingerprint density at radius 3 is 2.68 bits per heavy atom. The molecule has 0 unspecified atom stereocenters. The molecule has 0 bridgehead atoms. The van der Waals surface area contributed by atoms with Gasteiger partial charge in [0, 0.05) is 17.3 Å². The van der Waals surface area contributed by atoms with Crippen molar-refractivity contribution in [1.82, 2.24) is 10.3 Å². The number of nitrogens with one attached hydrogen (secondary N) is 1. The molecule has 3 N–H and O–H groups in total. The molecule has 1 aromatic heterocycles. The largest absolute Gasteiger partial charge is 0.439 e. The standard InChI is InChI=1S/C19H24ClN3O2/c1-13(2)7-9-22-10-8-14-3-5-16(11-17(14)20)25-18-6-4-15(12-23-18)19(21)24/h3-6,11-13,22H,7-10H2,1-2H3,(H2,21,24). The Balaban J connectivity index is 1.89. The molecule has 0 aliphatic rings. The van der Waals surface area contributed by atoms with Crippen LogP contribution >= 0.6 is 11.6 Å². The molecule has 2 rings (SSSR count). The molecule has 0 fully saturated rings. The molecule has 1 amide bonds.